The highest BCUT2D eigenvalue weighted by molar-refractivity contribution is 7.13. The number of carbonyl (C=O) groups excluding carboxylic acids is 1. The van der Waals surface area contributed by atoms with E-state index in [-0.39, 0.29) is 11.3 Å². The number of rotatable bonds is 3. The third-order valence-electron chi connectivity index (χ3n) is 4.66. The lowest BCUT2D eigenvalue weighted by Crippen LogP contribution is -2.54. The summed E-state index contributed by atoms with van der Waals surface area (Å²) in [5, 5.41) is 3.06. The first-order chi connectivity index (χ1) is 9.75. The number of anilines is 1. The second-order valence-corrected chi connectivity index (χ2v) is 6.66. The van der Waals surface area contributed by atoms with Gasteiger partial charge in [-0.05, 0) is 12.8 Å². The summed E-state index contributed by atoms with van der Waals surface area (Å²) in [5.41, 5.74) is 5.65. The van der Waals surface area contributed by atoms with E-state index in [4.69, 9.17) is 5.73 Å². The van der Waals surface area contributed by atoms with Crippen molar-refractivity contribution in [3.05, 3.63) is 11.6 Å². The van der Waals surface area contributed by atoms with E-state index in [1.165, 1.54) is 0 Å². The summed E-state index contributed by atoms with van der Waals surface area (Å²) in [6, 6.07) is 0. The summed E-state index contributed by atoms with van der Waals surface area (Å²) < 4.78 is 0. The molecule has 2 N–H and O–H groups in total. The normalized spacial score (nSPS) is 22.2. The molecule has 5 nitrogen and oxygen atoms in total. The first-order valence-corrected chi connectivity index (χ1v) is 8.27. The van der Waals surface area contributed by atoms with Crippen LogP contribution in [0.15, 0.2) is 11.6 Å². The van der Waals surface area contributed by atoms with Crippen molar-refractivity contribution in [1.82, 2.24) is 9.88 Å². The molecular formula is C14H22N4OS. The monoisotopic (exact) mass is 294 g/mol. The maximum Gasteiger partial charge on any atom is 0.230 e. The maximum atomic E-state index is 12.8. The number of hydrogen-bond acceptors (Lipinski definition) is 5. The predicted octanol–water partition coefficient (Wildman–Crippen LogP) is 1.31. The number of aromatic nitrogens is 1. The fourth-order valence-electron chi connectivity index (χ4n) is 3.37. The van der Waals surface area contributed by atoms with E-state index in [1.807, 2.05) is 16.5 Å². The highest BCUT2D eigenvalue weighted by atomic mass is 32.1. The SMILES string of the molecule is NCC1(C(=O)N2CCN(c3nccs3)CC2)CCCC1. The topological polar surface area (TPSA) is 62.5 Å². The molecule has 2 fully saturated rings. The summed E-state index contributed by atoms with van der Waals surface area (Å²) in [4.78, 5) is 21.4. The highest BCUT2D eigenvalue weighted by Gasteiger charge is 2.42. The lowest BCUT2D eigenvalue weighted by Gasteiger charge is -2.39. The van der Waals surface area contributed by atoms with Crippen molar-refractivity contribution in [3.63, 3.8) is 0 Å². The Morgan fingerprint density at radius 1 is 1.30 bits per heavy atom. The standard InChI is InChI=1S/C14H22N4OS/c15-11-14(3-1-2-4-14)12(19)17-6-8-18(9-7-17)13-16-5-10-20-13/h5,10H,1-4,6-9,11,15H2. The van der Waals surface area contributed by atoms with Crippen molar-refractivity contribution in [2.45, 2.75) is 25.7 Å². The summed E-state index contributed by atoms with van der Waals surface area (Å²) in [6.07, 6.45) is 6.05. The van der Waals surface area contributed by atoms with Crippen LogP contribution in [0, 0.1) is 5.41 Å². The molecule has 110 valence electrons. The van der Waals surface area contributed by atoms with Gasteiger partial charge in [0.25, 0.3) is 0 Å². The molecule has 1 amide bonds. The molecule has 6 heteroatoms. The smallest absolute Gasteiger partial charge is 0.230 e. The molecule has 0 unspecified atom stereocenters. The Balaban J connectivity index is 1.61. The summed E-state index contributed by atoms with van der Waals surface area (Å²) >= 11 is 1.66. The Labute approximate surface area is 123 Å². The van der Waals surface area contributed by atoms with Crippen LogP contribution in [0.5, 0.6) is 0 Å². The minimum atomic E-state index is -0.261. The molecule has 1 aliphatic carbocycles. The van der Waals surface area contributed by atoms with Gasteiger partial charge in [0.15, 0.2) is 5.13 Å². The van der Waals surface area contributed by atoms with Gasteiger partial charge >= 0.3 is 0 Å². The third-order valence-corrected chi connectivity index (χ3v) is 5.49. The van der Waals surface area contributed by atoms with E-state index < -0.39 is 0 Å². The van der Waals surface area contributed by atoms with Crippen LogP contribution in [-0.2, 0) is 4.79 Å². The van der Waals surface area contributed by atoms with Gasteiger partial charge in [-0.25, -0.2) is 4.98 Å². The van der Waals surface area contributed by atoms with Gasteiger partial charge in [-0.1, -0.05) is 12.8 Å². The average Bonchev–Trinajstić information content (AvgIpc) is 3.18. The van der Waals surface area contributed by atoms with Crippen molar-refractivity contribution in [1.29, 1.82) is 0 Å². The van der Waals surface area contributed by atoms with E-state index in [0.717, 1.165) is 57.0 Å². The van der Waals surface area contributed by atoms with E-state index >= 15 is 0 Å². The minimum absolute atomic E-state index is 0.261. The number of thiazole rings is 1. The van der Waals surface area contributed by atoms with E-state index in [9.17, 15) is 4.79 Å². The molecule has 0 spiro atoms. The van der Waals surface area contributed by atoms with Gasteiger partial charge in [-0.15, -0.1) is 11.3 Å². The van der Waals surface area contributed by atoms with Crippen molar-refractivity contribution >= 4 is 22.4 Å². The molecule has 0 atom stereocenters. The zero-order valence-electron chi connectivity index (χ0n) is 11.8. The number of hydrogen-bond donors (Lipinski definition) is 1. The van der Waals surface area contributed by atoms with Gasteiger partial charge in [0.1, 0.15) is 0 Å². The summed E-state index contributed by atoms with van der Waals surface area (Å²) in [7, 11) is 0. The largest absolute Gasteiger partial charge is 0.345 e. The Morgan fingerprint density at radius 2 is 2.00 bits per heavy atom. The van der Waals surface area contributed by atoms with Gasteiger partial charge in [-0.2, -0.15) is 0 Å². The zero-order chi connectivity index (χ0) is 14.0. The fourth-order valence-corrected chi connectivity index (χ4v) is 4.06. The molecule has 1 aromatic rings. The summed E-state index contributed by atoms with van der Waals surface area (Å²) in [6.45, 7) is 3.83. The molecule has 3 rings (SSSR count). The van der Waals surface area contributed by atoms with Crippen LogP contribution < -0.4 is 10.6 Å². The number of carbonyl (C=O) groups is 1. The highest BCUT2D eigenvalue weighted by Crippen LogP contribution is 2.39. The molecule has 1 saturated carbocycles. The van der Waals surface area contributed by atoms with Crippen LogP contribution in [0.25, 0.3) is 0 Å². The molecule has 2 heterocycles. The van der Waals surface area contributed by atoms with E-state index in [1.54, 1.807) is 11.3 Å². The average molecular weight is 294 g/mol. The fraction of sp³-hybridized carbons (Fsp3) is 0.714. The van der Waals surface area contributed by atoms with Crippen molar-refractivity contribution in [2.24, 2.45) is 11.1 Å². The second kappa shape index (κ2) is 5.69. The van der Waals surface area contributed by atoms with Gasteiger partial charge in [0.05, 0.1) is 5.41 Å². The quantitative estimate of drug-likeness (QED) is 0.913. The molecule has 20 heavy (non-hydrogen) atoms. The van der Waals surface area contributed by atoms with Crippen LogP contribution in [0.3, 0.4) is 0 Å². The molecular weight excluding hydrogens is 272 g/mol. The number of amides is 1. The van der Waals surface area contributed by atoms with Gasteiger partial charge < -0.3 is 15.5 Å². The predicted molar refractivity (Wildman–Crippen MR) is 80.9 cm³/mol. The molecule has 1 aliphatic heterocycles. The lowest BCUT2D eigenvalue weighted by molar-refractivity contribution is -0.141. The maximum absolute atomic E-state index is 12.8. The molecule has 2 aliphatic rings. The molecule has 1 aromatic heterocycles. The number of nitrogens with two attached hydrogens (primary N) is 1. The van der Waals surface area contributed by atoms with Crippen LogP contribution >= 0.6 is 11.3 Å². The minimum Gasteiger partial charge on any atom is -0.345 e. The number of nitrogens with zero attached hydrogens (tertiary/aromatic N) is 3. The molecule has 1 saturated heterocycles. The Kier molecular flexibility index (Phi) is 3.94. The van der Waals surface area contributed by atoms with Crippen molar-refractivity contribution in [3.8, 4) is 0 Å². The van der Waals surface area contributed by atoms with Gasteiger partial charge in [0, 0.05) is 44.3 Å². The molecule has 0 radical (unpaired) electrons. The Bertz CT molecular complexity index is 448. The second-order valence-electron chi connectivity index (χ2n) is 5.79. The van der Waals surface area contributed by atoms with Gasteiger partial charge in [0.2, 0.25) is 5.91 Å². The third kappa shape index (κ3) is 2.42. The van der Waals surface area contributed by atoms with Crippen LogP contribution in [0.2, 0.25) is 0 Å². The Morgan fingerprint density at radius 3 is 2.55 bits per heavy atom. The van der Waals surface area contributed by atoms with Crippen LogP contribution in [-0.4, -0.2) is 48.5 Å². The molecule has 0 bridgehead atoms. The zero-order valence-corrected chi connectivity index (χ0v) is 12.6. The van der Waals surface area contributed by atoms with E-state index in [0.29, 0.717) is 6.54 Å². The summed E-state index contributed by atoms with van der Waals surface area (Å²) in [5.74, 6) is 0.288. The van der Waals surface area contributed by atoms with Crippen molar-refractivity contribution < 1.29 is 4.79 Å². The first-order valence-electron chi connectivity index (χ1n) is 7.39. The van der Waals surface area contributed by atoms with Crippen LogP contribution in [0.4, 0.5) is 5.13 Å². The lowest BCUT2D eigenvalue weighted by atomic mass is 9.84. The van der Waals surface area contributed by atoms with Crippen molar-refractivity contribution in [2.75, 3.05) is 37.6 Å². The van der Waals surface area contributed by atoms with Crippen LogP contribution in [0.1, 0.15) is 25.7 Å². The van der Waals surface area contributed by atoms with Gasteiger partial charge in [-0.3, -0.25) is 4.79 Å². The number of piperazine rings is 1. The van der Waals surface area contributed by atoms with E-state index in [2.05, 4.69) is 9.88 Å². The molecule has 0 aromatic carbocycles. The first kappa shape index (κ1) is 13.8. The Hall–Kier alpha value is -1.14.